The minimum Gasteiger partial charge on any atom is -0.339 e. The maximum absolute atomic E-state index is 12.8. The summed E-state index contributed by atoms with van der Waals surface area (Å²) in [7, 11) is 0. The third-order valence-corrected chi connectivity index (χ3v) is 6.16. The summed E-state index contributed by atoms with van der Waals surface area (Å²) < 4.78 is 1.83. The number of amides is 1. The Kier molecular flexibility index (Phi) is 3.73. The summed E-state index contributed by atoms with van der Waals surface area (Å²) in [4.78, 5) is 22.4. The number of nitrogens with zero attached hydrogens (tertiary/aromatic N) is 5. The van der Waals surface area contributed by atoms with Gasteiger partial charge in [-0.25, -0.2) is 9.50 Å². The van der Waals surface area contributed by atoms with Crippen molar-refractivity contribution in [3.63, 3.8) is 0 Å². The van der Waals surface area contributed by atoms with Crippen LogP contribution in [0.25, 0.3) is 4.96 Å². The first-order chi connectivity index (χ1) is 10.7. The molecular formula is C14H19N5OS2. The SMILES string of the molecule is Cc1cn2nc(N3CCC[C@H]3C(=O)N3CCSCC3)sc2n1. The van der Waals surface area contributed by atoms with Gasteiger partial charge in [0.05, 0.1) is 11.9 Å². The van der Waals surface area contributed by atoms with E-state index in [4.69, 9.17) is 0 Å². The van der Waals surface area contributed by atoms with Gasteiger partial charge in [0.1, 0.15) is 6.04 Å². The Morgan fingerprint density at radius 1 is 1.32 bits per heavy atom. The minimum absolute atomic E-state index is 0.0416. The summed E-state index contributed by atoms with van der Waals surface area (Å²) in [6.45, 7) is 4.65. The molecule has 0 saturated carbocycles. The molecule has 0 spiro atoms. The molecule has 8 heteroatoms. The fourth-order valence-electron chi connectivity index (χ4n) is 3.16. The quantitative estimate of drug-likeness (QED) is 0.834. The molecule has 1 amide bonds. The zero-order valence-electron chi connectivity index (χ0n) is 12.6. The van der Waals surface area contributed by atoms with Gasteiger partial charge in [0.15, 0.2) is 0 Å². The molecule has 2 aromatic heterocycles. The number of aryl methyl sites for hydroxylation is 1. The molecule has 4 rings (SSSR count). The van der Waals surface area contributed by atoms with Crippen molar-refractivity contribution in [3.05, 3.63) is 11.9 Å². The number of thioether (sulfide) groups is 1. The zero-order valence-corrected chi connectivity index (χ0v) is 14.2. The van der Waals surface area contributed by atoms with Gasteiger partial charge in [-0.15, -0.1) is 5.10 Å². The summed E-state index contributed by atoms with van der Waals surface area (Å²) in [5.41, 5.74) is 0.977. The van der Waals surface area contributed by atoms with E-state index in [1.807, 2.05) is 34.3 Å². The summed E-state index contributed by atoms with van der Waals surface area (Å²) in [5.74, 6) is 2.40. The van der Waals surface area contributed by atoms with Crippen LogP contribution in [0.15, 0.2) is 6.20 Å². The number of aromatic nitrogens is 3. The molecule has 6 nitrogen and oxygen atoms in total. The molecule has 0 N–H and O–H groups in total. The highest BCUT2D eigenvalue weighted by Gasteiger charge is 2.36. The number of anilines is 1. The van der Waals surface area contributed by atoms with Crippen LogP contribution in [0.5, 0.6) is 0 Å². The molecular weight excluding hydrogens is 318 g/mol. The molecule has 0 unspecified atom stereocenters. The van der Waals surface area contributed by atoms with Crippen LogP contribution in [0, 0.1) is 6.92 Å². The van der Waals surface area contributed by atoms with Gasteiger partial charge < -0.3 is 9.80 Å². The van der Waals surface area contributed by atoms with Crippen LogP contribution in [0.1, 0.15) is 18.5 Å². The largest absolute Gasteiger partial charge is 0.339 e. The monoisotopic (exact) mass is 337 g/mol. The van der Waals surface area contributed by atoms with Crippen molar-refractivity contribution in [2.45, 2.75) is 25.8 Å². The summed E-state index contributed by atoms with van der Waals surface area (Å²) >= 11 is 3.51. The molecule has 2 saturated heterocycles. The van der Waals surface area contributed by atoms with Gasteiger partial charge in [0, 0.05) is 31.1 Å². The van der Waals surface area contributed by atoms with Crippen molar-refractivity contribution in [2.24, 2.45) is 0 Å². The standard InChI is InChI=1S/C14H19N5OS2/c1-10-9-19-13(15-10)22-14(16-19)18-4-2-3-11(18)12(20)17-5-7-21-8-6-17/h9,11H,2-8H2,1H3/t11-/m0/s1. The van der Waals surface area contributed by atoms with Crippen molar-refractivity contribution < 1.29 is 4.79 Å². The zero-order chi connectivity index (χ0) is 15.1. The molecule has 4 heterocycles. The van der Waals surface area contributed by atoms with E-state index in [2.05, 4.69) is 15.0 Å². The summed E-state index contributed by atoms with van der Waals surface area (Å²) in [5, 5.41) is 5.54. The van der Waals surface area contributed by atoms with E-state index in [9.17, 15) is 4.79 Å². The second-order valence-corrected chi connectivity index (χ2v) is 7.94. The van der Waals surface area contributed by atoms with Crippen molar-refractivity contribution in [1.82, 2.24) is 19.5 Å². The first-order valence-corrected chi connectivity index (χ1v) is 9.65. The minimum atomic E-state index is -0.0416. The van der Waals surface area contributed by atoms with Crippen molar-refractivity contribution >= 4 is 39.1 Å². The highest BCUT2D eigenvalue weighted by molar-refractivity contribution is 7.99. The van der Waals surface area contributed by atoms with Crippen LogP contribution >= 0.6 is 23.1 Å². The molecule has 22 heavy (non-hydrogen) atoms. The van der Waals surface area contributed by atoms with Gasteiger partial charge in [-0.1, -0.05) is 11.3 Å². The lowest BCUT2D eigenvalue weighted by molar-refractivity contribution is -0.132. The molecule has 2 aliphatic heterocycles. The molecule has 2 fully saturated rings. The predicted octanol–water partition coefficient (Wildman–Crippen LogP) is 1.64. The Balaban J connectivity index is 1.56. The Bertz CT molecular complexity index is 659. The van der Waals surface area contributed by atoms with Crippen LogP contribution < -0.4 is 4.90 Å². The first-order valence-electron chi connectivity index (χ1n) is 7.68. The number of rotatable bonds is 2. The van der Waals surface area contributed by atoms with E-state index >= 15 is 0 Å². The van der Waals surface area contributed by atoms with Crippen LogP contribution in [0.3, 0.4) is 0 Å². The second kappa shape index (κ2) is 5.73. The number of hydrogen-bond donors (Lipinski definition) is 0. The molecule has 0 aromatic carbocycles. The Morgan fingerprint density at radius 2 is 2.14 bits per heavy atom. The number of imidazole rings is 1. The van der Waals surface area contributed by atoms with Crippen molar-refractivity contribution in [2.75, 3.05) is 36.0 Å². The maximum Gasteiger partial charge on any atom is 0.245 e. The van der Waals surface area contributed by atoms with E-state index in [-0.39, 0.29) is 11.9 Å². The second-order valence-electron chi connectivity index (χ2n) is 5.78. The van der Waals surface area contributed by atoms with Gasteiger partial charge in [-0.3, -0.25) is 4.79 Å². The normalized spacial score (nSPS) is 22.7. The van der Waals surface area contributed by atoms with Crippen LogP contribution in [-0.4, -0.2) is 62.6 Å². The average Bonchev–Trinajstić information content (AvgIpc) is 3.20. The third-order valence-electron chi connectivity index (χ3n) is 4.26. The topological polar surface area (TPSA) is 53.7 Å². The lowest BCUT2D eigenvalue weighted by atomic mass is 10.2. The van der Waals surface area contributed by atoms with Gasteiger partial charge >= 0.3 is 0 Å². The summed E-state index contributed by atoms with van der Waals surface area (Å²) in [6.07, 6.45) is 3.92. The van der Waals surface area contributed by atoms with Crippen LogP contribution in [0.2, 0.25) is 0 Å². The molecule has 0 bridgehead atoms. The number of carbonyl (C=O) groups excluding carboxylic acids is 1. The van der Waals surface area contributed by atoms with Gasteiger partial charge in [-0.05, 0) is 19.8 Å². The lowest BCUT2D eigenvalue weighted by Crippen LogP contribution is -2.48. The smallest absolute Gasteiger partial charge is 0.245 e. The molecule has 2 aliphatic rings. The van der Waals surface area contributed by atoms with E-state index in [0.29, 0.717) is 0 Å². The van der Waals surface area contributed by atoms with E-state index in [1.165, 1.54) is 0 Å². The summed E-state index contributed by atoms with van der Waals surface area (Å²) in [6, 6.07) is -0.0416. The maximum atomic E-state index is 12.8. The third kappa shape index (κ3) is 2.48. The van der Waals surface area contributed by atoms with Crippen LogP contribution in [-0.2, 0) is 4.79 Å². The van der Waals surface area contributed by atoms with Gasteiger partial charge in [0.2, 0.25) is 16.0 Å². The molecule has 118 valence electrons. The van der Waals surface area contributed by atoms with Gasteiger partial charge in [-0.2, -0.15) is 11.8 Å². The molecule has 2 aromatic rings. The van der Waals surface area contributed by atoms with E-state index < -0.39 is 0 Å². The fourth-order valence-corrected chi connectivity index (χ4v) is 5.07. The van der Waals surface area contributed by atoms with E-state index in [1.54, 1.807) is 11.3 Å². The van der Waals surface area contributed by atoms with E-state index in [0.717, 1.165) is 59.8 Å². The Hall–Kier alpha value is -1.28. The highest BCUT2D eigenvalue weighted by atomic mass is 32.2. The number of carbonyl (C=O) groups is 1. The first kappa shape index (κ1) is 14.3. The molecule has 0 aliphatic carbocycles. The lowest BCUT2D eigenvalue weighted by Gasteiger charge is -2.32. The molecule has 1 atom stereocenters. The Labute approximate surface area is 137 Å². The van der Waals surface area contributed by atoms with Crippen molar-refractivity contribution in [3.8, 4) is 0 Å². The van der Waals surface area contributed by atoms with Crippen molar-refractivity contribution in [1.29, 1.82) is 0 Å². The van der Waals surface area contributed by atoms with Gasteiger partial charge in [0.25, 0.3) is 0 Å². The predicted molar refractivity (Wildman–Crippen MR) is 89.9 cm³/mol. The molecule has 0 radical (unpaired) electrons. The highest BCUT2D eigenvalue weighted by Crippen LogP contribution is 2.31. The average molecular weight is 337 g/mol. The fraction of sp³-hybridized carbons (Fsp3) is 0.643. The number of fused-ring (bicyclic) bond motifs is 1. The van der Waals surface area contributed by atoms with Crippen LogP contribution in [0.4, 0.5) is 5.13 Å². The number of hydrogen-bond acceptors (Lipinski definition) is 6. The Morgan fingerprint density at radius 3 is 2.91 bits per heavy atom.